The first kappa shape index (κ1) is 76.3. The molecule has 2 aliphatic rings. The third-order valence-electron chi connectivity index (χ3n) is 16.4. The lowest BCUT2D eigenvalue weighted by atomic mass is 9.99. The second-order valence-corrected chi connectivity index (χ2v) is 24.2. The molecule has 528 valence electrons. The molecule has 2 fully saturated rings. The van der Waals surface area contributed by atoms with Crippen molar-refractivity contribution in [2.24, 2.45) is 11.7 Å². The molecule has 4 aromatic rings. The second-order valence-electron chi connectivity index (χ2n) is 24.2. The first-order valence-electron chi connectivity index (χ1n) is 31.7. The van der Waals surface area contributed by atoms with Crippen molar-refractivity contribution in [1.29, 1.82) is 0 Å². The Kier molecular flexibility index (Phi) is 28.3. The molecule has 11 atom stereocenters. The van der Waals surface area contributed by atoms with Gasteiger partial charge in [-0.3, -0.25) is 57.5 Å². The average molecular weight is 1370 g/mol. The number of hydrogen-bond donors (Lipinski definition) is 17. The van der Waals surface area contributed by atoms with Gasteiger partial charge in [0, 0.05) is 38.8 Å². The number of carbonyl (C=O) groups excluding carboxylic acids is 11. The Balaban J connectivity index is 1.22. The molecule has 4 aromatic carbocycles. The Hall–Kier alpha value is -10.7. The maximum Gasteiger partial charge on any atom is 0.328 e. The van der Waals surface area contributed by atoms with E-state index < -0.39 is 175 Å². The summed E-state index contributed by atoms with van der Waals surface area (Å²) in [6.45, 7) is 1.63. The first-order chi connectivity index (χ1) is 46.5. The van der Waals surface area contributed by atoms with Crippen LogP contribution in [-0.2, 0) is 88.0 Å². The van der Waals surface area contributed by atoms with E-state index in [0.29, 0.717) is 22.3 Å². The zero-order valence-corrected chi connectivity index (χ0v) is 54.1. The lowest BCUT2D eigenvalue weighted by molar-refractivity contribution is -0.144. The number of hydrogen-bond acceptors (Lipinski definition) is 19. The van der Waals surface area contributed by atoms with Gasteiger partial charge in [-0.05, 0) is 97.2 Å². The van der Waals surface area contributed by atoms with Gasteiger partial charge in [-0.15, -0.1) is 0 Å². The molecule has 18 N–H and O–H groups in total. The van der Waals surface area contributed by atoms with Gasteiger partial charge in [-0.25, -0.2) is 4.79 Å². The molecule has 0 radical (unpaired) electrons. The minimum atomic E-state index is -1.69. The number of aromatic hydroxyl groups is 3. The van der Waals surface area contributed by atoms with Crippen LogP contribution in [0.2, 0.25) is 0 Å². The Labute approximate surface area is 562 Å². The number of aliphatic hydroxyl groups is 2. The van der Waals surface area contributed by atoms with Gasteiger partial charge in [0.15, 0.2) is 0 Å². The standard InChI is InChI=1S/C66H84N12O20/c1-35(2)55(76-57(88)44(67)31-54(85)86)63(94)72-46(27-37-9-5-4-6-10-37)60(91)73-47(29-39-15-21-42(82)22-16-39)64(95)78-26-8-12-52(78)62(93)74-48(30-40-17-23-43(83)24-18-40)65(96)77-25-7-11-51(77)61(92)71-45(28-38-13-19-41(81)20-14-38)59(90)69-36(3)56(87)75-49(33-79)58(89)68-32-53(84)70-50(34-80)66(97)98/h4-6,9-10,13-24,35-36,44-52,55,79-83H,7-8,11-12,25-34,67H2,1-3H3,(H,68,89)(H,69,90)(H,70,84)(H,71,92)(H,72,94)(H,73,91)(H,74,93)(H,75,87)(H,76,88)(H,85,86)(H,97,98)/t36-,44-,45-,46-,47-,48-,49-,50-,51-,52-,55-/m0/s1. The number of nitrogens with zero attached hydrogens (tertiary/aromatic N) is 2. The van der Waals surface area contributed by atoms with Crippen LogP contribution >= 0.6 is 0 Å². The summed E-state index contributed by atoms with van der Waals surface area (Å²) in [6.07, 6.45) is -0.850. The molecule has 98 heavy (non-hydrogen) atoms. The molecule has 2 aliphatic heterocycles. The van der Waals surface area contributed by atoms with Crippen LogP contribution in [0.15, 0.2) is 103 Å². The molecule has 0 bridgehead atoms. The highest BCUT2D eigenvalue weighted by molar-refractivity contribution is 6.00. The van der Waals surface area contributed by atoms with E-state index in [4.69, 9.17) is 10.8 Å². The van der Waals surface area contributed by atoms with Crippen molar-refractivity contribution in [3.63, 3.8) is 0 Å². The number of amides is 11. The van der Waals surface area contributed by atoms with Gasteiger partial charge in [-0.1, -0.05) is 80.6 Å². The number of phenols is 3. The fourth-order valence-electron chi connectivity index (χ4n) is 11.0. The van der Waals surface area contributed by atoms with Crippen molar-refractivity contribution in [3.8, 4) is 17.2 Å². The fraction of sp³-hybridized carbons (Fsp3) is 0.439. The van der Waals surface area contributed by atoms with E-state index in [1.54, 1.807) is 44.2 Å². The number of carboxylic acid groups (broad SMARTS) is 2. The highest BCUT2D eigenvalue weighted by Gasteiger charge is 2.43. The van der Waals surface area contributed by atoms with Gasteiger partial charge < -0.3 is 99.1 Å². The normalized spacial score (nSPS) is 17.0. The Morgan fingerprint density at radius 3 is 1.32 bits per heavy atom. The molecule has 0 unspecified atom stereocenters. The van der Waals surface area contributed by atoms with Crippen molar-refractivity contribution in [3.05, 3.63) is 125 Å². The van der Waals surface area contributed by atoms with Crippen molar-refractivity contribution in [1.82, 2.24) is 57.7 Å². The molecule has 2 heterocycles. The molecule has 0 aliphatic carbocycles. The van der Waals surface area contributed by atoms with Gasteiger partial charge in [-0.2, -0.15) is 0 Å². The number of benzene rings is 4. The smallest absolute Gasteiger partial charge is 0.328 e. The summed E-state index contributed by atoms with van der Waals surface area (Å²) in [6, 6.07) is 9.61. The predicted molar refractivity (Wildman–Crippen MR) is 346 cm³/mol. The molecule has 2 saturated heterocycles. The van der Waals surface area contributed by atoms with E-state index in [2.05, 4.69) is 42.5 Å². The molecule has 0 saturated carbocycles. The van der Waals surface area contributed by atoms with Crippen LogP contribution < -0.4 is 53.6 Å². The Morgan fingerprint density at radius 1 is 0.459 bits per heavy atom. The van der Waals surface area contributed by atoms with E-state index in [9.17, 15) is 83.4 Å². The lowest BCUT2D eigenvalue weighted by Gasteiger charge is -2.33. The second kappa shape index (κ2) is 36.4. The van der Waals surface area contributed by atoms with Gasteiger partial charge in [0.2, 0.25) is 65.0 Å². The van der Waals surface area contributed by atoms with Gasteiger partial charge in [0.1, 0.15) is 77.7 Å². The minimum absolute atomic E-state index is 0.00981. The number of carboxylic acids is 2. The number of aliphatic carboxylic acids is 2. The zero-order valence-electron chi connectivity index (χ0n) is 54.1. The molecule has 11 amide bonds. The number of rotatable bonds is 34. The highest BCUT2D eigenvalue weighted by atomic mass is 16.4. The van der Waals surface area contributed by atoms with Crippen LogP contribution in [0.4, 0.5) is 0 Å². The maximum absolute atomic E-state index is 15.2. The predicted octanol–water partition coefficient (Wildman–Crippen LogP) is -3.40. The number of nitrogens with two attached hydrogens (primary N) is 1. The number of aliphatic hydroxyl groups excluding tert-OH is 2. The molecule has 0 spiro atoms. The average Bonchev–Trinajstić information content (AvgIpc) is 1.58. The number of carbonyl (C=O) groups is 13. The third-order valence-corrected chi connectivity index (χ3v) is 16.4. The monoisotopic (exact) mass is 1360 g/mol. The maximum atomic E-state index is 15.2. The molecular formula is C66H84N12O20. The summed E-state index contributed by atoms with van der Waals surface area (Å²) in [7, 11) is 0. The Morgan fingerprint density at radius 2 is 0.867 bits per heavy atom. The molecule has 32 heteroatoms. The largest absolute Gasteiger partial charge is 0.508 e. The summed E-state index contributed by atoms with van der Waals surface area (Å²) in [4.78, 5) is 179. The number of likely N-dealkylation sites (tertiary alicyclic amines) is 2. The highest BCUT2D eigenvalue weighted by Crippen LogP contribution is 2.25. The molecule has 6 rings (SSSR count). The van der Waals surface area contributed by atoms with Crippen molar-refractivity contribution in [2.45, 2.75) is 145 Å². The topological polar surface area (TPSA) is 504 Å². The molecule has 0 aromatic heterocycles. The van der Waals surface area contributed by atoms with E-state index >= 15 is 9.59 Å². The number of nitrogens with one attached hydrogen (secondary N) is 9. The van der Waals surface area contributed by atoms with Crippen LogP contribution in [0.25, 0.3) is 0 Å². The summed E-state index contributed by atoms with van der Waals surface area (Å²) >= 11 is 0. The molecule has 32 nitrogen and oxygen atoms in total. The van der Waals surface area contributed by atoms with Gasteiger partial charge in [0.25, 0.3) is 0 Å². The first-order valence-corrected chi connectivity index (χ1v) is 31.7. The van der Waals surface area contributed by atoms with E-state index in [1.807, 2.05) is 5.32 Å². The summed E-state index contributed by atoms with van der Waals surface area (Å²) in [5, 5.41) is 90.1. The number of phenolic OH excluding ortho intramolecular Hbond substituents is 3. The van der Waals surface area contributed by atoms with Gasteiger partial charge >= 0.3 is 11.9 Å². The summed E-state index contributed by atoms with van der Waals surface area (Å²) in [5.41, 5.74) is 7.71. The van der Waals surface area contributed by atoms with Gasteiger partial charge in [0.05, 0.1) is 32.2 Å². The summed E-state index contributed by atoms with van der Waals surface area (Å²) in [5.74, 6) is -13.7. The lowest BCUT2D eigenvalue weighted by Crippen LogP contribution is -2.61. The van der Waals surface area contributed by atoms with Crippen LogP contribution in [0.5, 0.6) is 17.2 Å². The quantitative estimate of drug-likeness (QED) is 0.0217. The van der Waals surface area contributed by atoms with Crippen LogP contribution in [0.1, 0.15) is 75.1 Å². The van der Waals surface area contributed by atoms with Crippen molar-refractivity contribution in [2.75, 3.05) is 32.8 Å². The minimum Gasteiger partial charge on any atom is -0.508 e. The third kappa shape index (κ3) is 22.4. The SMILES string of the molecule is CC(C)[C@H](NC(=O)[C@@H](N)CC(=O)O)C(=O)N[C@@H](Cc1ccccc1)C(=O)N[C@@H](Cc1ccc(O)cc1)C(=O)N1CCC[C@H]1C(=O)N[C@@H](Cc1ccc(O)cc1)C(=O)N1CCC[C@H]1C(=O)N[C@@H](Cc1ccc(O)cc1)C(=O)N[C@@H](C)C(=O)N[C@@H](CO)C(=O)NCC(=O)N[C@@H](CO)C(=O)O. The fourth-order valence-corrected chi connectivity index (χ4v) is 11.0. The van der Waals surface area contributed by atoms with Crippen molar-refractivity contribution >= 4 is 76.9 Å². The van der Waals surface area contributed by atoms with Crippen molar-refractivity contribution < 1.29 is 98.1 Å². The van der Waals surface area contributed by atoms with Crippen LogP contribution in [0.3, 0.4) is 0 Å². The Bertz CT molecular complexity index is 3490. The van der Waals surface area contributed by atoms with Crippen LogP contribution in [-0.4, -0.2) is 222 Å². The summed E-state index contributed by atoms with van der Waals surface area (Å²) < 4.78 is 0. The molecular weight excluding hydrogens is 1280 g/mol. The van der Waals surface area contributed by atoms with E-state index in [0.717, 1.165) is 0 Å². The zero-order chi connectivity index (χ0) is 71.9. The van der Waals surface area contributed by atoms with E-state index in [1.165, 1.54) is 89.5 Å². The van der Waals surface area contributed by atoms with E-state index in [-0.39, 0.29) is 81.7 Å². The van der Waals surface area contributed by atoms with Crippen LogP contribution in [0, 0.1) is 5.92 Å².